The second kappa shape index (κ2) is 11.0. The SMILES string of the molecule is CCNCCC(C)N(CCOC)C(CC)CC. The summed E-state index contributed by atoms with van der Waals surface area (Å²) >= 11 is 0. The molecule has 0 fully saturated rings. The highest BCUT2D eigenvalue weighted by atomic mass is 16.5. The average molecular weight is 244 g/mol. The van der Waals surface area contributed by atoms with Gasteiger partial charge in [-0.25, -0.2) is 0 Å². The number of ether oxygens (including phenoxy) is 1. The van der Waals surface area contributed by atoms with Gasteiger partial charge in [0.05, 0.1) is 6.61 Å². The van der Waals surface area contributed by atoms with E-state index in [0.29, 0.717) is 12.1 Å². The fourth-order valence-corrected chi connectivity index (χ4v) is 2.37. The molecule has 0 aliphatic carbocycles. The topological polar surface area (TPSA) is 24.5 Å². The number of nitrogens with zero attached hydrogens (tertiary/aromatic N) is 1. The zero-order valence-corrected chi connectivity index (χ0v) is 12.5. The molecule has 0 heterocycles. The summed E-state index contributed by atoms with van der Waals surface area (Å²) in [5.41, 5.74) is 0. The maximum atomic E-state index is 5.23. The third-order valence-electron chi connectivity index (χ3n) is 3.52. The Morgan fingerprint density at radius 1 is 1.18 bits per heavy atom. The van der Waals surface area contributed by atoms with E-state index >= 15 is 0 Å². The average Bonchev–Trinajstić information content (AvgIpc) is 2.34. The smallest absolute Gasteiger partial charge is 0.0589 e. The van der Waals surface area contributed by atoms with E-state index in [-0.39, 0.29) is 0 Å². The third kappa shape index (κ3) is 7.02. The first kappa shape index (κ1) is 16.9. The fourth-order valence-electron chi connectivity index (χ4n) is 2.37. The Morgan fingerprint density at radius 3 is 2.29 bits per heavy atom. The molecule has 0 aromatic carbocycles. The van der Waals surface area contributed by atoms with Gasteiger partial charge in [-0.2, -0.15) is 0 Å². The predicted molar refractivity (Wildman–Crippen MR) is 75.6 cm³/mol. The van der Waals surface area contributed by atoms with Gasteiger partial charge in [0, 0.05) is 25.7 Å². The highest BCUT2D eigenvalue weighted by molar-refractivity contribution is 4.75. The summed E-state index contributed by atoms with van der Waals surface area (Å²) in [5.74, 6) is 0. The Morgan fingerprint density at radius 2 is 1.82 bits per heavy atom. The van der Waals surface area contributed by atoms with Crippen LogP contribution in [0.2, 0.25) is 0 Å². The van der Waals surface area contributed by atoms with E-state index in [0.717, 1.165) is 26.2 Å². The molecular formula is C14H32N2O. The molecule has 0 saturated carbocycles. The maximum absolute atomic E-state index is 5.23. The minimum atomic E-state index is 0.633. The monoisotopic (exact) mass is 244 g/mol. The quantitative estimate of drug-likeness (QED) is 0.565. The van der Waals surface area contributed by atoms with Gasteiger partial charge >= 0.3 is 0 Å². The van der Waals surface area contributed by atoms with Gasteiger partial charge in [-0.3, -0.25) is 4.90 Å². The molecule has 17 heavy (non-hydrogen) atoms. The Kier molecular flexibility index (Phi) is 10.9. The summed E-state index contributed by atoms with van der Waals surface area (Å²) in [4.78, 5) is 2.61. The molecule has 0 spiro atoms. The molecule has 3 heteroatoms. The summed E-state index contributed by atoms with van der Waals surface area (Å²) in [7, 11) is 1.79. The summed E-state index contributed by atoms with van der Waals surface area (Å²) in [6.07, 6.45) is 3.67. The van der Waals surface area contributed by atoms with Gasteiger partial charge in [0.2, 0.25) is 0 Å². The first-order valence-corrected chi connectivity index (χ1v) is 7.16. The highest BCUT2D eigenvalue weighted by Gasteiger charge is 2.20. The number of methoxy groups -OCH3 is 1. The van der Waals surface area contributed by atoms with Gasteiger partial charge in [0.1, 0.15) is 0 Å². The normalized spacial score (nSPS) is 13.6. The molecule has 0 aromatic heterocycles. The van der Waals surface area contributed by atoms with Crippen LogP contribution in [0.25, 0.3) is 0 Å². The van der Waals surface area contributed by atoms with Crippen LogP contribution in [-0.4, -0.2) is 50.3 Å². The fraction of sp³-hybridized carbons (Fsp3) is 1.00. The lowest BCUT2D eigenvalue weighted by atomic mass is 10.1. The van der Waals surface area contributed by atoms with Gasteiger partial charge in [-0.15, -0.1) is 0 Å². The van der Waals surface area contributed by atoms with E-state index in [4.69, 9.17) is 4.74 Å². The van der Waals surface area contributed by atoms with Crippen LogP contribution in [0.15, 0.2) is 0 Å². The van der Waals surface area contributed by atoms with Crippen molar-refractivity contribution in [3.05, 3.63) is 0 Å². The lowest BCUT2D eigenvalue weighted by Gasteiger charge is -2.35. The van der Waals surface area contributed by atoms with Gasteiger partial charge in [-0.1, -0.05) is 20.8 Å². The van der Waals surface area contributed by atoms with Crippen LogP contribution in [0.3, 0.4) is 0 Å². The van der Waals surface area contributed by atoms with Crippen LogP contribution >= 0.6 is 0 Å². The molecule has 0 aliphatic rings. The molecular weight excluding hydrogens is 212 g/mol. The van der Waals surface area contributed by atoms with Gasteiger partial charge in [0.25, 0.3) is 0 Å². The molecule has 104 valence electrons. The number of rotatable bonds is 11. The van der Waals surface area contributed by atoms with E-state index in [1.165, 1.54) is 19.3 Å². The molecule has 1 unspecified atom stereocenters. The van der Waals surface area contributed by atoms with E-state index in [9.17, 15) is 0 Å². The van der Waals surface area contributed by atoms with Crippen molar-refractivity contribution in [3.8, 4) is 0 Å². The molecule has 0 radical (unpaired) electrons. The van der Waals surface area contributed by atoms with Gasteiger partial charge in [0.15, 0.2) is 0 Å². The van der Waals surface area contributed by atoms with Crippen molar-refractivity contribution < 1.29 is 4.74 Å². The zero-order valence-electron chi connectivity index (χ0n) is 12.5. The zero-order chi connectivity index (χ0) is 13.1. The molecule has 0 amide bonds. The van der Waals surface area contributed by atoms with Crippen LogP contribution in [0.5, 0.6) is 0 Å². The minimum absolute atomic E-state index is 0.633. The number of hydrogen-bond donors (Lipinski definition) is 1. The van der Waals surface area contributed by atoms with E-state index in [1.807, 2.05) is 0 Å². The van der Waals surface area contributed by atoms with Crippen LogP contribution in [0.4, 0.5) is 0 Å². The molecule has 0 bridgehead atoms. The second-order valence-corrected chi connectivity index (χ2v) is 4.69. The Balaban J connectivity index is 4.22. The molecule has 0 aromatic rings. The maximum Gasteiger partial charge on any atom is 0.0589 e. The highest BCUT2D eigenvalue weighted by Crippen LogP contribution is 2.14. The van der Waals surface area contributed by atoms with Crippen molar-refractivity contribution in [1.29, 1.82) is 0 Å². The van der Waals surface area contributed by atoms with Crippen molar-refractivity contribution in [3.63, 3.8) is 0 Å². The largest absolute Gasteiger partial charge is 0.383 e. The van der Waals surface area contributed by atoms with Crippen LogP contribution in [-0.2, 0) is 4.74 Å². The first-order valence-electron chi connectivity index (χ1n) is 7.16. The molecule has 0 rings (SSSR count). The molecule has 1 N–H and O–H groups in total. The Labute approximate surface area is 108 Å². The van der Waals surface area contributed by atoms with Crippen LogP contribution in [0.1, 0.15) is 47.0 Å². The summed E-state index contributed by atoms with van der Waals surface area (Å²) in [5, 5.41) is 3.41. The van der Waals surface area contributed by atoms with Crippen LogP contribution < -0.4 is 5.32 Å². The van der Waals surface area contributed by atoms with E-state index < -0.39 is 0 Å². The summed E-state index contributed by atoms with van der Waals surface area (Å²) in [6, 6.07) is 1.33. The molecule has 0 aliphatic heterocycles. The lowest BCUT2D eigenvalue weighted by molar-refractivity contribution is 0.0823. The van der Waals surface area contributed by atoms with Crippen molar-refractivity contribution in [2.75, 3.05) is 33.4 Å². The van der Waals surface area contributed by atoms with Gasteiger partial charge < -0.3 is 10.1 Å². The van der Waals surface area contributed by atoms with E-state index in [1.54, 1.807) is 7.11 Å². The lowest BCUT2D eigenvalue weighted by Crippen LogP contribution is -2.44. The Hall–Kier alpha value is -0.120. The second-order valence-electron chi connectivity index (χ2n) is 4.69. The minimum Gasteiger partial charge on any atom is -0.383 e. The molecule has 1 atom stereocenters. The molecule has 0 saturated heterocycles. The number of hydrogen-bond acceptors (Lipinski definition) is 3. The van der Waals surface area contributed by atoms with Crippen LogP contribution in [0, 0.1) is 0 Å². The van der Waals surface area contributed by atoms with Crippen molar-refractivity contribution in [2.45, 2.75) is 59.0 Å². The number of nitrogens with one attached hydrogen (secondary N) is 1. The summed E-state index contributed by atoms with van der Waals surface area (Å²) in [6.45, 7) is 13.1. The van der Waals surface area contributed by atoms with Crippen molar-refractivity contribution in [2.24, 2.45) is 0 Å². The van der Waals surface area contributed by atoms with Crippen molar-refractivity contribution >= 4 is 0 Å². The first-order chi connectivity index (χ1) is 8.21. The standard InChI is InChI=1S/C14H32N2O/c1-6-14(7-2)16(11-12-17-5)13(4)9-10-15-8-3/h13-15H,6-12H2,1-5H3. The van der Waals surface area contributed by atoms with Crippen molar-refractivity contribution in [1.82, 2.24) is 10.2 Å². The van der Waals surface area contributed by atoms with E-state index in [2.05, 4.69) is 37.9 Å². The summed E-state index contributed by atoms with van der Waals surface area (Å²) < 4.78 is 5.23. The predicted octanol–water partition coefficient (Wildman–Crippen LogP) is 2.51. The Bertz CT molecular complexity index is 160. The third-order valence-corrected chi connectivity index (χ3v) is 3.52. The molecule has 3 nitrogen and oxygen atoms in total. The van der Waals surface area contributed by atoms with Gasteiger partial charge in [-0.05, 0) is 39.3 Å².